The van der Waals surface area contributed by atoms with Crippen LogP contribution in [0.25, 0.3) is 0 Å². The SMILES string of the molecule is CCN(C1CC1)S(=O)(=O)c1c(Cl)cc(C#CCN)cc1Cl. The predicted octanol–water partition coefficient (Wildman–Crippen LogP) is 2.48. The third kappa shape index (κ3) is 3.53. The molecule has 0 amide bonds. The summed E-state index contributed by atoms with van der Waals surface area (Å²) in [6, 6.07) is 3.07. The maximum Gasteiger partial charge on any atom is 0.246 e. The summed E-state index contributed by atoms with van der Waals surface area (Å²) in [5, 5.41) is 0.172. The molecule has 21 heavy (non-hydrogen) atoms. The van der Waals surface area contributed by atoms with Crippen molar-refractivity contribution in [1.29, 1.82) is 0 Å². The van der Waals surface area contributed by atoms with Gasteiger partial charge in [-0.2, -0.15) is 4.31 Å². The Kier molecular flexibility index (Phi) is 5.18. The van der Waals surface area contributed by atoms with Crippen LogP contribution in [0.4, 0.5) is 0 Å². The number of sulfonamides is 1. The second-order valence-corrected chi connectivity index (χ2v) is 7.36. The Bertz CT molecular complexity index is 680. The first-order valence-corrected chi connectivity index (χ1v) is 8.81. The van der Waals surface area contributed by atoms with Gasteiger partial charge in [0.2, 0.25) is 10.0 Å². The minimum absolute atomic E-state index is 0.0436. The van der Waals surface area contributed by atoms with Crippen molar-refractivity contribution in [3.63, 3.8) is 0 Å². The van der Waals surface area contributed by atoms with Gasteiger partial charge in [0.1, 0.15) is 4.90 Å². The fourth-order valence-electron chi connectivity index (χ4n) is 2.14. The molecule has 114 valence electrons. The van der Waals surface area contributed by atoms with E-state index in [4.69, 9.17) is 28.9 Å². The summed E-state index contributed by atoms with van der Waals surface area (Å²) in [5.74, 6) is 5.47. The van der Waals surface area contributed by atoms with Gasteiger partial charge in [-0.1, -0.05) is 42.0 Å². The minimum Gasteiger partial charge on any atom is -0.320 e. The van der Waals surface area contributed by atoms with Crippen LogP contribution in [0, 0.1) is 11.8 Å². The second kappa shape index (κ2) is 6.55. The molecule has 7 heteroatoms. The molecule has 0 bridgehead atoms. The largest absolute Gasteiger partial charge is 0.320 e. The molecule has 0 aromatic heterocycles. The zero-order chi connectivity index (χ0) is 15.6. The van der Waals surface area contributed by atoms with Crippen molar-refractivity contribution in [3.8, 4) is 11.8 Å². The molecule has 1 aliphatic carbocycles. The van der Waals surface area contributed by atoms with Crippen LogP contribution >= 0.6 is 23.2 Å². The summed E-state index contributed by atoms with van der Waals surface area (Å²) >= 11 is 12.3. The van der Waals surface area contributed by atoms with Gasteiger partial charge in [-0.3, -0.25) is 0 Å². The molecule has 4 nitrogen and oxygen atoms in total. The van der Waals surface area contributed by atoms with Crippen molar-refractivity contribution in [3.05, 3.63) is 27.7 Å². The normalized spacial score (nSPS) is 14.9. The van der Waals surface area contributed by atoms with E-state index in [-0.39, 0.29) is 27.5 Å². The number of nitrogens with zero attached hydrogens (tertiary/aromatic N) is 1. The van der Waals surface area contributed by atoms with Crippen LogP contribution in [-0.2, 0) is 10.0 Å². The molecule has 1 aromatic rings. The molecule has 0 saturated heterocycles. The standard InChI is InChI=1S/C14H16Cl2N2O2S/c1-2-18(11-5-6-11)21(19,20)14-12(15)8-10(4-3-7-17)9-13(14)16/h8-9,11H,2,5-7,17H2,1H3. The summed E-state index contributed by atoms with van der Waals surface area (Å²) < 4.78 is 26.9. The van der Waals surface area contributed by atoms with Crippen LogP contribution in [0.5, 0.6) is 0 Å². The van der Waals surface area contributed by atoms with Gasteiger partial charge in [-0.15, -0.1) is 0 Å². The van der Waals surface area contributed by atoms with E-state index in [0.29, 0.717) is 12.1 Å². The first-order valence-electron chi connectivity index (χ1n) is 6.61. The fourth-order valence-corrected chi connectivity index (χ4v) is 5.00. The van der Waals surface area contributed by atoms with Gasteiger partial charge >= 0.3 is 0 Å². The number of rotatable bonds is 4. The van der Waals surface area contributed by atoms with Crippen molar-refractivity contribution < 1.29 is 8.42 Å². The summed E-state index contributed by atoms with van der Waals surface area (Å²) in [4.78, 5) is -0.0436. The predicted molar refractivity (Wildman–Crippen MR) is 85.0 cm³/mol. The Hall–Kier alpha value is -0.770. The van der Waals surface area contributed by atoms with Gasteiger partial charge in [0, 0.05) is 18.2 Å². The van der Waals surface area contributed by atoms with Gasteiger partial charge in [-0.05, 0) is 25.0 Å². The van der Waals surface area contributed by atoms with Crippen molar-refractivity contribution in [2.45, 2.75) is 30.7 Å². The quantitative estimate of drug-likeness (QED) is 0.851. The Morgan fingerprint density at radius 3 is 2.33 bits per heavy atom. The van der Waals surface area contributed by atoms with Gasteiger partial charge < -0.3 is 5.73 Å². The van der Waals surface area contributed by atoms with Crippen molar-refractivity contribution in [1.82, 2.24) is 4.31 Å². The van der Waals surface area contributed by atoms with E-state index in [1.165, 1.54) is 16.4 Å². The smallest absolute Gasteiger partial charge is 0.246 e. The van der Waals surface area contributed by atoms with Gasteiger partial charge in [-0.25, -0.2) is 8.42 Å². The van der Waals surface area contributed by atoms with Crippen molar-refractivity contribution >= 4 is 33.2 Å². The Labute approximate surface area is 135 Å². The molecule has 2 N–H and O–H groups in total. The van der Waals surface area contributed by atoms with Crippen LogP contribution in [-0.4, -0.2) is 31.9 Å². The number of halogens is 2. The monoisotopic (exact) mass is 346 g/mol. The third-order valence-electron chi connectivity index (χ3n) is 3.17. The highest BCUT2D eigenvalue weighted by molar-refractivity contribution is 7.89. The van der Waals surface area contributed by atoms with E-state index in [1.807, 2.05) is 0 Å². The molecule has 0 unspecified atom stereocenters. The van der Waals surface area contributed by atoms with Gasteiger partial charge in [0.15, 0.2) is 0 Å². The maximum absolute atomic E-state index is 12.7. The van der Waals surface area contributed by atoms with Crippen LogP contribution in [0.3, 0.4) is 0 Å². The lowest BCUT2D eigenvalue weighted by Gasteiger charge is -2.21. The van der Waals surface area contributed by atoms with Crippen LogP contribution in [0.15, 0.2) is 17.0 Å². The molecule has 1 aliphatic rings. The van der Waals surface area contributed by atoms with Crippen molar-refractivity contribution in [2.24, 2.45) is 5.73 Å². The Balaban J connectivity index is 2.48. The number of nitrogens with two attached hydrogens (primary N) is 1. The molecule has 0 spiro atoms. The first-order chi connectivity index (χ1) is 9.91. The molecule has 1 aromatic carbocycles. The number of benzene rings is 1. The van der Waals surface area contributed by atoms with E-state index in [2.05, 4.69) is 11.8 Å². The molecular weight excluding hydrogens is 331 g/mol. The summed E-state index contributed by atoms with van der Waals surface area (Å²) in [5.41, 5.74) is 5.85. The second-order valence-electron chi connectivity index (χ2n) is 4.71. The zero-order valence-electron chi connectivity index (χ0n) is 11.6. The highest BCUT2D eigenvalue weighted by Gasteiger charge is 2.38. The van der Waals surface area contributed by atoms with Crippen LogP contribution in [0.2, 0.25) is 10.0 Å². The molecule has 0 atom stereocenters. The molecule has 2 rings (SSSR count). The van der Waals surface area contributed by atoms with E-state index in [1.54, 1.807) is 6.92 Å². The topological polar surface area (TPSA) is 63.4 Å². The Morgan fingerprint density at radius 1 is 1.33 bits per heavy atom. The van der Waals surface area contributed by atoms with Crippen LogP contribution < -0.4 is 5.73 Å². The average Bonchev–Trinajstić information content (AvgIpc) is 3.20. The summed E-state index contributed by atoms with van der Waals surface area (Å²) in [6.07, 6.45) is 1.75. The Morgan fingerprint density at radius 2 is 1.90 bits per heavy atom. The van der Waals surface area contributed by atoms with Crippen LogP contribution in [0.1, 0.15) is 25.3 Å². The third-order valence-corrected chi connectivity index (χ3v) is 6.12. The first kappa shape index (κ1) is 16.6. The lowest BCUT2D eigenvalue weighted by Crippen LogP contribution is -2.33. The zero-order valence-corrected chi connectivity index (χ0v) is 13.9. The van der Waals surface area contributed by atoms with E-state index in [0.717, 1.165) is 12.8 Å². The van der Waals surface area contributed by atoms with Gasteiger partial charge in [0.05, 0.1) is 16.6 Å². The molecule has 0 radical (unpaired) electrons. The lowest BCUT2D eigenvalue weighted by atomic mass is 10.2. The van der Waals surface area contributed by atoms with Gasteiger partial charge in [0.25, 0.3) is 0 Å². The highest BCUT2D eigenvalue weighted by atomic mass is 35.5. The molecule has 1 fully saturated rings. The number of hydrogen-bond donors (Lipinski definition) is 1. The summed E-state index contributed by atoms with van der Waals surface area (Å²) in [7, 11) is -3.69. The van der Waals surface area contributed by atoms with E-state index < -0.39 is 10.0 Å². The molecule has 1 saturated carbocycles. The molecular formula is C14H16Cl2N2O2S. The molecule has 0 aliphatic heterocycles. The number of hydrogen-bond acceptors (Lipinski definition) is 3. The minimum atomic E-state index is -3.69. The summed E-state index contributed by atoms with van der Waals surface area (Å²) in [6.45, 7) is 2.41. The van der Waals surface area contributed by atoms with E-state index in [9.17, 15) is 8.42 Å². The fraction of sp³-hybridized carbons (Fsp3) is 0.429. The highest BCUT2D eigenvalue weighted by Crippen LogP contribution is 2.37. The average molecular weight is 347 g/mol. The van der Waals surface area contributed by atoms with E-state index >= 15 is 0 Å². The van der Waals surface area contributed by atoms with Crippen molar-refractivity contribution in [2.75, 3.05) is 13.1 Å². The molecule has 0 heterocycles. The maximum atomic E-state index is 12.7. The lowest BCUT2D eigenvalue weighted by molar-refractivity contribution is 0.421.